The standard InChI is InChI=1S/C21H21BrN2O2/c22-19-4-2-1-3-18(19)21(26)24(17-11-12-17)13-14-5-7-15(8-6-14)20(25)23-16-9-10-16/h1-8,16-17H,9-13H2,(H,23,25). The molecular formula is C21H21BrN2O2. The maximum absolute atomic E-state index is 13.0. The van der Waals surface area contributed by atoms with E-state index in [0.717, 1.165) is 35.7 Å². The maximum Gasteiger partial charge on any atom is 0.255 e. The summed E-state index contributed by atoms with van der Waals surface area (Å²) in [5.41, 5.74) is 2.41. The number of halogens is 1. The van der Waals surface area contributed by atoms with Crippen LogP contribution in [-0.4, -0.2) is 28.8 Å². The Kier molecular flexibility index (Phi) is 4.81. The number of hydrogen-bond donors (Lipinski definition) is 1. The molecule has 0 bridgehead atoms. The Labute approximate surface area is 161 Å². The SMILES string of the molecule is O=C(NC1CC1)c1ccc(CN(C(=O)c2ccccc2Br)C2CC2)cc1. The third-order valence-corrected chi connectivity index (χ3v) is 5.53. The first kappa shape index (κ1) is 17.3. The van der Waals surface area contributed by atoms with Crippen molar-refractivity contribution in [2.24, 2.45) is 0 Å². The number of amides is 2. The van der Waals surface area contributed by atoms with Crippen LogP contribution in [0.2, 0.25) is 0 Å². The fourth-order valence-electron chi connectivity index (χ4n) is 3.00. The van der Waals surface area contributed by atoms with Crippen molar-refractivity contribution in [2.75, 3.05) is 0 Å². The van der Waals surface area contributed by atoms with Crippen LogP contribution in [0.15, 0.2) is 53.0 Å². The molecule has 2 amide bonds. The molecule has 5 heteroatoms. The lowest BCUT2D eigenvalue weighted by atomic mass is 10.1. The maximum atomic E-state index is 13.0. The number of hydrogen-bond acceptors (Lipinski definition) is 2. The zero-order chi connectivity index (χ0) is 18.1. The minimum Gasteiger partial charge on any atom is -0.349 e. The van der Waals surface area contributed by atoms with E-state index in [9.17, 15) is 9.59 Å². The Hall–Kier alpha value is -2.14. The molecule has 0 heterocycles. The van der Waals surface area contributed by atoms with E-state index < -0.39 is 0 Å². The fourth-order valence-corrected chi connectivity index (χ4v) is 3.45. The molecule has 2 fully saturated rings. The Balaban J connectivity index is 1.47. The number of nitrogens with zero attached hydrogens (tertiary/aromatic N) is 1. The summed E-state index contributed by atoms with van der Waals surface area (Å²) in [7, 11) is 0. The van der Waals surface area contributed by atoms with Crippen molar-refractivity contribution in [2.45, 2.75) is 44.3 Å². The van der Waals surface area contributed by atoms with Crippen LogP contribution in [0, 0.1) is 0 Å². The zero-order valence-corrected chi connectivity index (χ0v) is 16.0. The van der Waals surface area contributed by atoms with Crippen LogP contribution in [0.5, 0.6) is 0 Å². The van der Waals surface area contributed by atoms with Gasteiger partial charge in [0.25, 0.3) is 11.8 Å². The minimum atomic E-state index is -0.0117. The zero-order valence-electron chi connectivity index (χ0n) is 14.5. The normalized spacial score (nSPS) is 16.2. The molecule has 2 aliphatic rings. The van der Waals surface area contributed by atoms with Gasteiger partial charge < -0.3 is 10.2 Å². The number of nitrogens with one attached hydrogen (secondary N) is 1. The second-order valence-electron chi connectivity index (χ2n) is 7.09. The summed E-state index contributed by atoms with van der Waals surface area (Å²) in [5, 5.41) is 3.00. The number of rotatable bonds is 6. The van der Waals surface area contributed by atoms with Gasteiger partial charge in [-0.05, 0) is 71.4 Å². The van der Waals surface area contributed by atoms with Gasteiger partial charge in [0.2, 0.25) is 0 Å². The van der Waals surface area contributed by atoms with Crippen molar-refractivity contribution in [1.29, 1.82) is 0 Å². The van der Waals surface area contributed by atoms with Gasteiger partial charge in [-0.2, -0.15) is 0 Å². The van der Waals surface area contributed by atoms with Crippen molar-refractivity contribution < 1.29 is 9.59 Å². The molecular weight excluding hydrogens is 392 g/mol. The molecule has 4 rings (SSSR count). The van der Waals surface area contributed by atoms with Crippen molar-refractivity contribution >= 4 is 27.7 Å². The molecule has 134 valence electrons. The van der Waals surface area contributed by atoms with Crippen molar-refractivity contribution in [3.8, 4) is 0 Å². The molecule has 0 aliphatic heterocycles. The highest BCUT2D eigenvalue weighted by Crippen LogP contribution is 2.31. The quantitative estimate of drug-likeness (QED) is 0.774. The average molecular weight is 413 g/mol. The van der Waals surface area contributed by atoms with E-state index >= 15 is 0 Å². The number of carbonyl (C=O) groups is 2. The molecule has 26 heavy (non-hydrogen) atoms. The first-order valence-electron chi connectivity index (χ1n) is 9.07. The van der Waals surface area contributed by atoms with Crippen LogP contribution in [-0.2, 0) is 6.54 Å². The molecule has 0 unspecified atom stereocenters. The largest absolute Gasteiger partial charge is 0.349 e. The van der Waals surface area contributed by atoms with Crippen LogP contribution in [0.25, 0.3) is 0 Å². The van der Waals surface area contributed by atoms with Crippen molar-refractivity contribution in [3.63, 3.8) is 0 Å². The molecule has 0 spiro atoms. The van der Waals surface area contributed by atoms with Crippen molar-refractivity contribution in [1.82, 2.24) is 10.2 Å². The molecule has 4 nitrogen and oxygen atoms in total. The van der Waals surface area contributed by atoms with Gasteiger partial charge in [0, 0.05) is 28.7 Å². The molecule has 2 aromatic carbocycles. The summed E-state index contributed by atoms with van der Waals surface area (Å²) >= 11 is 3.48. The summed E-state index contributed by atoms with van der Waals surface area (Å²) in [4.78, 5) is 27.0. The lowest BCUT2D eigenvalue weighted by Crippen LogP contribution is -2.32. The second-order valence-corrected chi connectivity index (χ2v) is 7.94. The molecule has 2 aromatic rings. The molecule has 1 N–H and O–H groups in total. The first-order valence-corrected chi connectivity index (χ1v) is 9.86. The molecule has 2 saturated carbocycles. The highest BCUT2D eigenvalue weighted by Gasteiger charge is 2.33. The van der Waals surface area contributed by atoms with Crippen LogP contribution >= 0.6 is 15.9 Å². The van der Waals surface area contributed by atoms with Gasteiger partial charge in [0.15, 0.2) is 0 Å². The molecule has 0 saturated heterocycles. The van der Waals surface area contributed by atoms with E-state index in [-0.39, 0.29) is 11.8 Å². The van der Waals surface area contributed by atoms with Gasteiger partial charge >= 0.3 is 0 Å². The minimum absolute atomic E-state index is 0.0117. The van der Waals surface area contributed by atoms with Gasteiger partial charge in [-0.1, -0.05) is 24.3 Å². The first-order chi connectivity index (χ1) is 12.6. The molecule has 0 radical (unpaired) electrons. The average Bonchev–Trinajstić information content (AvgIpc) is 3.54. The fraction of sp³-hybridized carbons (Fsp3) is 0.333. The predicted octanol–water partition coefficient (Wildman–Crippen LogP) is 4.15. The number of benzene rings is 2. The molecule has 0 aromatic heterocycles. The Morgan fingerprint density at radius 2 is 1.69 bits per heavy atom. The highest BCUT2D eigenvalue weighted by molar-refractivity contribution is 9.10. The topological polar surface area (TPSA) is 49.4 Å². The molecule has 0 atom stereocenters. The number of carbonyl (C=O) groups excluding carboxylic acids is 2. The second kappa shape index (κ2) is 7.23. The third-order valence-electron chi connectivity index (χ3n) is 4.83. The Morgan fingerprint density at radius 3 is 2.31 bits per heavy atom. The van der Waals surface area contributed by atoms with E-state index in [4.69, 9.17) is 0 Å². The van der Waals surface area contributed by atoms with E-state index in [0.29, 0.717) is 29.8 Å². The van der Waals surface area contributed by atoms with E-state index in [2.05, 4.69) is 21.2 Å². The lowest BCUT2D eigenvalue weighted by Gasteiger charge is -2.23. The summed E-state index contributed by atoms with van der Waals surface area (Å²) in [6.07, 6.45) is 4.27. The van der Waals surface area contributed by atoms with Gasteiger partial charge in [0.05, 0.1) is 5.56 Å². The third kappa shape index (κ3) is 3.98. The lowest BCUT2D eigenvalue weighted by molar-refractivity contribution is 0.0728. The van der Waals surface area contributed by atoms with Gasteiger partial charge in [-0.25, -0.2) is 0 Å². The summed E-state index contributed by atoms with van der Waals surface area (Å²) in [6, 6.07) is 15.8. The van der Waals surface area contributed by atoms with Crippen LogP contribution < -0.4 is 5.32 Å². The van der Waals surface area contributed by atoms with Crippen LogP contribution in [0.4, 0.5) is 0 Å². The van der Waals surface area contributed by atoms with E-state index in [1.54, 1.807) is 0 Å². The monoisotopic (exact) mass is 412 g/mol. The smallest absolute Gasteiger partial charge is 0.255 e. The van der Waals surface area contributed by atoms with Crippen LogP contribution in [0.1, 0.15) is 52.0 Å². The Morgan fingerprint density at radius 1 is 1.00 bits per heavy atom. The van der Waals surface area contributed by atoms with Gasteiger partial charge in [-0.15, -0.1) is 0 Å². The molecule has 2 aliphatic carbocycles. The van der Waals surface area contributed by atoms with E-state index in [1.807, 2.05) is 53.4 Å². The summed E-state index contributed by atoms with van der Waals surface area (Å²) < 4.78 is 0.822. The van der Waals surface area contributed by atoms with Crippen LogP contribution in [0.3, 0.4) is 0 Å². The van der Waals surface area contributed by atoms with Gasteiger partial charge in [0.1, 0.15) is 0 Å². The predicted molar refractivity (Wildman–Crippen MR) is 104 cm³/mol. The summed E-state index contributed by atoms with van der Waals surface area (Å²) in [5.74, 6) is 0.0397. The van der Waals surface area contributed by atoms with Crippen molar-refractivity contribution in [3.05, 3.63) is 69.7 Å². The van der Waals surface area contributed by atoms with Gasteiger partial charge in [-0.3, -0.25) is 9.59 Å². The highest BCUT2D eigenvalue weighted by atomic mass is 79.9. The van der Waals surface area contributed by atoms with E-state index in [1.165, 1.54) is 0 Å². The Bertz CT molecular complexity index is 826. The summed E-state index contributed by atoms with van der Waals surface area (Å²) in [6.45, 7) is 0.565.